The average Bonchev–Trinajstić information content (AvgIpc) is 3.48. The first-order valence-corrected chi connectivity index (χ1v) is 9.27. The molecule has 2 aliphatic heterocycles. The van der Waals surface area contributed by atoms with Crippen LogP contribution in [0.4, 0.5) is 11.4 Å². The first kappa shape index (κ1) is 17.3. The van der Waals surface area contributed by atoms with Crippen LogP contribution in [0.3, 0.4) is 0 Å². The number of anilines is 2. The van der Waals surface area contributed by atoms with Crippen molar-refractivity contribution in [3.05, 3.63) is 61.2 Å². The molecule has 1 unspecified atom stereocenters. The molecule has 3 heterocycles. The molecule has 0 saturated carbocycles. The van der Waals surface area contributed by atoms with E-state index in [4.69, 9.17) is 9.47 Å². The SMILES string of the molecule is O=C(Nc1ccccc1-n1ccnc1)C1CC(=O)N(c2ccc3c(c2)OCO3)C1. The molecule has 1 saturated heterocycles. The molecule has 2 amide bonds. The lowest BCUT2D eigenvalue weighted by molar-refractivity contribution is -0.122. The minimum absolute atomic E-state index is 0.0908. The first-order chi connectivity index (χ1) is 14.2. The Hall–Kier alpha value is -3.81. The molecule has 0 radical (unpaired) electrons. The van der Waals surface area contributed by atoms with Gasteiger partial charge in [0.2, 0.25) is 18.6 Å². The van der Waals surface area contributed by atoms with Crippen molar-refractivity contribution in [3.8, 4) is 17.2 Å². The van der Waals surface area contributed by atoms with Gasteiger partial charge in [-0.15, -0.1) is 0 Å². The molecule has 1 fully saturated rings. The van der Waals surface area contributed by atoms with Crippen LogP contribution in [0.2, 0.25) is 0 Å². The molecule has 2 aliphatic rings. The van der Waals surface area contributed by atoms with Crippen LogP contribution < -0.4 is 19.7 Å². The van der Waals surface area contributed by atoms with Gasteiger partial charge in [-0.2, -0.15) is 0 Å². The van der Waals surface area contributed by atoms with Gasteiger partial charge in [0.05, 0.1) is 23.6 Å². The fraction of sp³-hybridized carbons (Fsp3) is 0.190. The van der Waals surface area contributed by atoms with E-state index in [0.29, 0.717) is 29.4 Å². The third kappa shape index (κ3) is 3.18. The highest BCUT2D eigenvalue weighted by molar-refractivity contribution is 6.04. The van der Waals surface area contributed by atoms with Crippen molar-refractivity contribution >= 4 is 23.2 Å². The fourth-order valence-corrected chi connectivity index (χ4v) is 3.63. The van der Waals surface area contributed by atoms with Gasteiger partial charge in [-0.3, -0.25) is 9.59 Å². The van der Waals surface area contributed by atoms with Crippen LogP contribution in [0.5, 0.6) is 11.5 Å². The summed E-state index contributed by atoms with van der Waals surface area (Å²) in [4.78, 5) is 31.1. The van der Waals surface area contributed by atoms with Gasteiger partial charge in [0.25, 0.3) is 0 Å². The van der Waals surface area contributed by atoms with E-state index in [1.54, 1.807) is 35.6 Å². The van der Waals surface area contributed by atoms with Crippen LogP contribution >= 0.6 is 0 Å². The van der Waals surface area contributed by atoms with Gasteiger partial charge < -0.3 is 24.3 Å². The maximum absolute atomic E-state index is 12.9. The number of fused-ring (bicyclic) bond motifs is 1. The van der Waals surface area contributed by atoms with Gasteiger partial charge in [-0.1, -0.05) is 12.1 Å². The predicted octanol–water partition coefficient (Wildman–Crippen LogP) is 2.59. The Kier molecular flexibility index (Phi) is 4.16. The molecule has 8 heteroatoms. The number of nitrogens with zero attached hydrogens (tertiary/aromatic N) is 3. The fourth-order valence-electron chi connectivity index (χ4n) is 3.63. The molecular formula is C21H18N4O4. The second kappa shape index (κ2) is 6.97. The van der Waals surface area contributed by atoms with Crippen molar-refractivity contribution in [2.45, 2.75) is 6.42 Å². The lowest BCUT2D eigenvalue weighted by Gasteiger charge is -2.17. The van der Waals surface area contributed by atoms with Crippen molar-refractivity contribution in [1.82, 2.24) is 9.55 Å². The maximum Gasteiger partial charge on any atom is 0.231 e. The van der Waals surface area contributed by atoms with E-state index < -0.39 is 5.92 Å². The number of rotatable bonds is 4. The Morgan fingerprint density at radius 2 is 2.00 bits per heavy atom. The lowest BCUT2D eigenvalue weighted by Crippen LogP contribution is -2.28. The number of aromatic nitrogens is 2. The van der Waals surface area contributed by atoms with E-state index in [1.807, 2.05) is 35.0 Å². The molecule has 2 aromatic carbocycles. The normalized spacial score (nSPS) is 17.6. The summed E-state index contributed by atoms with van der Waals surface area (Å²) in [7, 11) is 0. The highest BCUT2D eigenvalue weighted by atomic mass is 16.7. The van der Waals surface area contributed by atoms with Crippen molar-refractivity contribution in [2.75, 3.05) is 23.6 Å². The Balaban J connectivity index is 1.33. The molecule has 0 aliphatic carbocycles. The third-order valence-electron chi connectivity index (χ3n) is 5.11. The molecule has 29 heavy (non-hydrogen) atoms. The topological polar surface area (TPSA) is 85.7 Å². The number of imidazole rings is 1. The van der Waals surface area contributed by atoms with Gasteiger partial charge in [0.15, 0.2) is 11.5 Å². The zero-order chi connectivity index (χ0) is 19.8. The van der Waals surface area contributed by atoms with Crippen molar-refractivity contribution in [2.24, 2.45) is 5.92 Å². The number of hydrogen-bond acceptors (Lipinski definition) is 5. The minimum atomic E-state index is -0.441. The summed E-state index contributed by atoms with van der Waals surface area (Å²) in [6.45, 7) is 0.492. The molecule has 0 bridgehead atoms. The van der Waals surface area contributed by atoms with E-state index in [0.717, 1.165) is 5.69 Å². The number of amides is 2. The molecule has 5 rings (SSSR count). The van der Waals surface area contributed by atoms with Gasteiger partial charge in [-0.25, -0.2) is 4.98 Å². The number of hydrogen-bond donors (Lipinski definition) is 1. The average molecular weight is 390 g/mol. The zero-order valence-corrected chi connectivity index (χ0v) is 15.4. The van der Waals surface area contributed by atoms with E-state index in [2.05, 4.69) is 10.3 Å². The van der Waals surface area contributed by atoms with E-state index in [-0.39, 0.29) is 25.0 Å². The smallest absolute Gasteiger partial charge is 0.231 e. The summed E-state index contributed by atoms with van der Waals surface area (Å²) in [6, 6.07) is 12.8. The number of ether oxygens (including phenoxy) is 2. The molecule has 3 aromatic rings. The maximum atomic E-state index is 12.9. The second-order valence-corrected chi connectivity index (χ2v) is 6.92. The summed E-state index contributed by atoms with van der Waals surface area (Å²) < 4.78 is 12.5. The molecule has 1 atom stereocenters. The third-order valence-corrected chi connectivity index (χ3v) is 5.11. The Bertz CT molecular complexity index is 1080. The van der Waals surface area contributed by atoms with Crippen molar-refractivity contribution < 1.29 is 19.1 Å². The minimum Gasteiger partial charge on any atom is -0.454 e. The van der Waals surface area contributed by atoms with Gasteiger partial charge in [0.1, 0.15) is 0 Å². The molecular weight excluding hydrogens is 372 g/mol. The summed E-state index contributed by atoms with van der Waals surface area (Å²) in [5, 5.41) is 2.96. The molecule has 1 N–H and O–H groups in total. The van der Waals surface area contributed by atoms with Gasteiger partial charge >= 0.3 is 0 Å². The molecule has 1 aromatic heterocycles. The lowest BCUT2D eigenvalue weighted by atomic mass is 10.1. The van der Waals surface area contributed by atoms with Crippen LogP contribution in [-0.2, 0) is 9.59 Å². The van der Waals surface area contributed by atoms with Crippen LogP contribution in [0.15, 0.2) is 61.2 Å². The van der Waals surface area contributed by atoms with Crippen molar-refractivity contribution in [1.29, 1.82) is 0 Å². The van der Waals surface area contributed by atoms with Crippen LogP contribution in [0.25, 0.3) is 5.69 Å². The van der Waals surface area contributed by atoms with E-state index in [9.17, 15) is 9.59 Å². The van der Waals surface area contributed by atoms with Gasteiger partial charge in [-0.05, 0) is 24.3 Å². The Labute approximate surface area is 166 Å². The summed E-state index contributed by atoms with van der Waals surface area (Å²) in [5.41, 5.74) is 2.19. The van der Waals surface area contributed by atoms with E-state index >= 15 is 0 Å². The molecule has 0 spiro atoms. The second-order valence-electron chi connectivity index (χ2n) is 6.92. The summed E-state index contributed by atoms with van der Waals surface area (Å²) in [5.74, 6) is 0.549. The summed E-state index contributed by atoms with van der Waals surface area (Å²) in [6.07, 6.45) is 5.32. The number of carbonyl (C=O) groups excluding carboxylic acids is 2. The largest absolute Gasteiger partial charge is 0.454 e. The highest BCUT2D eigenvalue weighted by Crippen LogP contribution is 2.37. The number of carbonyl (C=O) groups is 2. The Morgan fingerprint density at radius 1 is 1.14 bits per heavy atom. The standard InChI is InChI=1S/C21H18N4O4/c26-20-9-14(11-25(20)15-5-6-18-19(10-15)29-13-28-18)21(27)23-16-3-1-2-4-17(16)24-8-7-22-12-24/h1-8,10,12,14H,9,11,13H2,(H,23,27). The van der Waals surface area contributed by atoms with Crippen molar-refractivity contribution in [3.63, 3.8) is 0 Å². The van der Waals surface area contributed by atoms with Gasteiger partial charge in [0, 0.05) is 37.1 Å². The quantitative estimate of drug-likeness (QED) is 0.740. The Morgan fingerprint density at radius 3 is 2.86 bits per heavy atom. The monoisotopic (exact) mass is 390 g/mol. The van der Waals surface area contributed by atoms with Crippen LogP contribution in [0, 0.1) is 5.92 Å². The number of nitrogens with one attached hydrogen (secondary N) is 1. The van der Waals surface area contributed by atoms with Crippen LogP contribution in [0.1, 0.15) is 6.42 Å². The zero-order valence-electron chi connectivity index (χ0n) is 15.4. The summed E-state index contributed by atoms with van der Waals surface area (Å²) >= 11 is 0. The first-order valence-electron chi connectivity index (χ1n) is 9.27. The molecule has 8 nitrogen and oxygen atoms in total. The van der Waals surface area contributed by atoms with Crippen LogP contribution in [-0.4, -0.2) is 34.7 Å². The predicted molar refractivity (Wildman–Crippen MR) is 105 cm³/mol. The highest BCUT2D eigenvalue weighted by Gasteiger charge is 2.36. The molecule has 146 valence electrons. The number of para-hydroxylation sites is 2. The number of benzene rings is 2. The van der Waals surface area contributed by atoms with E-state index in [1.165, 1.54) is 0 Å².